The quantitative estimate of drug-likeness (QED) is 0.658. The number of aromatic nitrogens is 2. The van der Waals surface area contributed by atoms with Crippen LogP contribution in [0.5, 0.6) is 0 Å². The van der Waals surface area contributed by atoms with E-state index in [1.54, 1.807) is 0 Å². The molecule has 1 heterocycles. The van der Waals surface area contributed by atoms with E-state index < -0.39 is 0 Å². The summed E-state index contributed by atoms with van der Waals surface area (Å²) in [7, 11) is 0. The maximum Gasteiger partial charge on any atom is 0.0847 e. The molecule has 0 saturated heterocycles. The molecule has 1 N–H and O–H groups in total. The first-order chi connectivity index (χ1) is 5.33. The molecule has 0 unspecified atom stereocenters. The third-order valence-electron chi connectivity index (χ3n) is 1.06. The molecule has 0 aliphatic rings. The summed E-state index contributed by atoms with van der Waals surface area (Å²) in [6.07, 6.45) is 3.93. The van der Waals surface area contributed by atoms with Gasteiger partial charge in [0.2, 0.25) is 0 Å². The molecule has 2 heteroatoms. The fourth-order valence-corrected chi connectivity index (χ4v) is 0.695. The Kier molecular flexibility index (Phi) is 5.17. The fraction of sp³-hybridized carbons (Fsp3) is 0.444. The summed E-state index contributed by atoms with van der Waals surface area (Å²) in [6.45, 7) is 7.96. The third kappa shape index (κ3) is 3.61. The van der Waals surface area contributed by atoms with Gasteiger partial charge in [-0.3, -0.25) is 5.10 Å². The lowest BCUT2D eigenvalue weighted by Gasteiger charge is -1.74. The maximum atomic E-state index is 3.99. The topological polar surface area (TPSA) is 28.7 Å². The molecule has 0 amide bonds. The zero-order valence-electron chi connectivity index (χ0n) is 7.68. The molecule has 0 saturated carbocycles. The summed E-state index contributed by atoms with van der Waals surface area (Å²) in [5, 5.41) is 6.85. The third-order valence-corrected chi connectivity index (χ3v) is 1.06. The predicted molar refractivity (Wildman–Crippen MR) is 49.4 cm³/mol. The monoisotopic (exact) mass is 152 g/mol. The van der Waals surface area contributed by atoms with Crippen LogP contribution < -0.4 is 0 Å². The molecule has 0 radical (unpaired) electrons. The van der Waals surface area contributed by atoms with Crippen LogP contribution in [0.1, 0.15) is 32.2 Å². The van der Waals surface area contributed by atoms with Gasteiger partial charge in [0.15, 0.2) is 0 Å². The molecule has 1 aromatic rings. The van der Waals surface area contributed by atoms with Crippen molar-refractivity contribution in [1.82, 2.24) is 10.2 Å². The van der Waals surface area contributed by atoms with Gasteiger partial charge >= 0.3 is 0 Å². The van der Waals surface area contributed by atoms with Crippen LogP contribution in [0.2, 0.25) is 0 Å². The van der Waals surface area contributed by atoms with E-state index in [1.165, 1.54) is 0 Å². The molecule has 1 rings (SSSR count). The van der Waals surface area contributed by atoms with Gasteiger partial charge in [-0.15, -0.1) is 0 Å². The highest BCUT2D eigenvalue weighted by Crippen LogP contribution is 1.98. The average Bonchev–Trinajstić information content (AvgIpc) is 2.41. The molecule has 0 aliphatic heterocycles. The minimum absolute atomic E-state index is 0.995. The van der Waals surface area contributed by atoms with Gasteiger partial charge in [0.05, 0.1) is 5.69 Å². The van der Waals surface area contributed by atoms with E-state index in [0.717, 1.165) is 11.4 Å². The van der Waals surface area contributed by atoms with Crippen molar-refractivity contribution in [2.45, 2.75) is 27.7 Å². The van der Waals surface area contributed by atoms with Crippen molar-refractivity contribution in [3.8, 4) is 0 Å². The van der Waals surface area contributed by atoms with Gasteiger partial charge in [-0.05, 0) is 26.0 Å². The Morgan fingerprint density at radius 1 is 1.45 bits per heavy atom. The zero-order chi connectivity index (χ0) is 8.69. The minimum Gasteiger partial charge on any atom is -0.282 e. The molecule has 0 bridgehead atoms. The molecule has 0 spiro atoms. The Labute approximate surface area is 68.3 Å². The van der Waals surface area contributed by atoms with E-state index in [1.807, 2.05) is 45.9 Å². The number of nitrogens with one attached hydrogen (secondary N) is 1. The number of aryl methyl sites for hydroxylation is 1. The fourth-order valence-electron chi connectivity index (χ4n) is 0.695. The number of H-pyrrole nitrogens is 1. The van der Waals surface area contributed by atoms with E-state index in [9.17, 15) is 0 Å². The maximum absolute atomic E-state index is 3.99. The predicted octanol–water partition coefficient (Wildman–Crippen LogP) is 2.78. The van der Waals surface area contributed by atoms with Crippen molar-refractivity contribution < 1.29 is 0 Å². The van der Waals surface area contributed by atoms with Crippen molar-refractivity contribution in [3.63, 3.8) is 0 Å². The molecular weight excluding hydrogens is 136 g/mol. The largest absolute Gasteiger partial charge is 0.282 e. The molecule has 2 nitrogen and oxygen atoms in total. The van der Waals surface area contributed by atoms with Crippen LogP contribution in [0.3, 0.4) is 0 Å². The molecule has 0 aliphatic carbocycles. The smallest absolute Gasteiger partial charge is 0.0847 e. The van der Waals surface area contributed by atoms with Crippen molar-refractivity contribution in [1.29, 1.82) is 0 Å². The second-order valence-electron chi connectivity index (χ2n) is 1.98. The molecular formula is C9H16N2. The first-order valence-corrected chi connectivity index (χ1v) is 3.97. The number of allylic oxidation sites excluding steroid dienone is 1. The molecule has 0 aromatic carbocycles. The van der Waals surface area contributed by atoms with Crippen LogP contribution in [0.25, 0.3) is 6.08 Å². The Bertz CT molecular complexity index is 211. The van der Waals surface area contributed by atoms with Gasteiger partial charge < -0.3 is 0 Å². The lowest BCUT2D eigenvalue weighted by atomic mass is 10.3. The standard InChI is InChI=1S/C7H10N2.C2H6/c1-3-4-7-5-6(2)8-9-7;1-2/h3-5H,1-2H3,(H,8,9);1-2H3/b4-3+;. The summed E-state index contributed by atoms with van der Waals surface area (Å²) in [4.78, 5) is 0. The SMILES string of the molecule is C/C=C/c1cc(C)[nH]n1.CC. The van der Waals surface area contributed by atoms with E-state index in [0.29, 0.717) is 0 Å². The lowest BCUT2D eigenvalue weighted by Crippen LogP contribution is -1.69. The normalized spacial score (nSPS) is 9.45. The average molecular weight is 152 g/mol. The number of hydrogen-bond donors (Lipinski definition) is 1. The first kappa shape index (κ1) is 9.95. The Morgan fingerprint density at radius 2 is 2.09 bits per heavy atom. The Hall–Kier alpha value is -1.05. The van der Waals surface area contributed by atoms with Crippen LogP contribution in [0.4, 0.5) is 0 Å². The second kappa shape index (κ2) is 5.71. The van der Waals surface area contributed by atoms with E-state index >= 15 is 0 Å². The van der Waals surface area contributed by atoms with Gasteiger partial charge in [0.1, 0.15) is 0 Å². The van der Waals surface area contributed by atoms with Crippen LogP contribution in [0, 0.1) is 6.92 Å². The van der Waals surface area contributed by atoms with Crippen molar-refractivity contribution in [3.05, 3.63) is 23.5 Å². The Morgan fingerprint density at radius 3 is 2.45 bits per heavy atom. The summed E-state index contributed by atoms with van der Waals surface area (Å²) in [5.74, 6) is 0. The van der Waals surface area contributed by atoms with Crippen LogP contribution in [0.15, 0.2) is 12.1 Å². The van der Waals surface area contributed by atoms with Crippen molar-refractivity contribution >= 4 is 6.08 Å². The van der Waals surface area contributed by atoms with Gasteiger partial charge in [-0.25, -0.2) is 0 Å². The molecule has 11 heavy (non-hydrogen) atoms. The zero-order valence-corrected chi connectivity index (χ0v) is 7.68. The highest BCUT2D eigenvalue weighted by molar-refractivity contribution is 5.43. The highest BCUT2D eigenvalue weighted by Gasteiger charge is 1.88. The molecule has 62 valence electrons. The number of nitrogens with zero attached hydrogens (tertiary/aromatic N) is 1. The molecule has 1 aromatic heterocycles. The Balaban J connectivity index is 0.000000461. The van der Waals surface area contributed by atoms with Crippen molar-refractivity contribution in [2.75, 3.05) is 0 Å². The number of hydrogen-bond acceptors (Lipinski definition) is 1. The summed E-state index contributed by atoms with van der Waals surface area (Å²) in [6, 6.07) is 2.00. The first-order valence-electron chi connectivity index (χ1n) is 3.97. The van der Waals surface area contributed by atoms with Gasteiger partial charge in [0, 0.05) is 5.69 Å². The summed E-state index contributed by atoms with van der Waals surface area (Å²) < 4.78 is 0. The van der Waals surface area contributed by atoms with Crippen LogP contribution in [-0.4, -0.2) is 10.2 Å². The molecule has 0 atom stereocenters. The molecule has 0 fully saturated rings. The van der Waals surface area contributed by atoms with Gasteiger partial charge in [-0.2, -0.15) is 5.10 Å². The summed E-state index contributed by atoms with van der Waals surface area (Å²) >= 11 is 0. The van der Waals surface area contributed by atoms with Crippen LogP contribution >= 0.6 is 0 Å². The van der Waals surface area contributed by atoms with E-state index in [-0.39, 0.29) is 0 Å². The minimum atomic E-state index is 0.995. The summed E-state index contributed by atoms with van der Waals surface area (Å²) in [5.41, 5.74) is 2.10. The van der Waals surface area contributed by atoms with Gasteiger partial charge in [-0.1, -0.05) is 19.9 Å². The van der Waals surface area contributed by atoms with Gasteiger partial charge in [0.25, 0.3) is 0 Å². The highest BCUT2D eigenvalue weighted by atomic mass is 15.1. The number of aromatic amines is 1. The van der Waals surface area contributed by atoms with Crippen molar-refractivity contribution in [2.24, 2.45) is 0 Å². The van der Waals surface area contributed by atoms with E-state index in [4.69, 9.17) is 0 Å². The second-order valence-corrected chi connectivity index (χ2v) is 1.98. The van der Waals surface area contributed by atoms with E-state index in [2.05, 4.69) is 10.2 Å². The lowest BCUT2D eigenvalue weighted by molar-refractivity contribution is 1.04. The van der Waals surface area contributed by atoms with Crippen LogP contribution in [-0.2, 0) is 0 Å². The number of rotatable bonds is 1.